The Kier molecular flexibility index (Phi) is 6.84. The molecule has 0 aliphatic carbocycles. The predicted octanol–water partition coefficient (Wildman–Crippen LogP) is 2.47. The van der Waals surface area contributed by atoms with Crippen LogP contribution in [0.25, 0.3) is 10.9 Å². The van der Waals surface area contributed by atoms with Crippen molar-refractivity contribution in [3.05, 3.63) is 70.0 Å². The van der Waals surface area contributed by atoms with Crippen LogP contribution in [-0.4, -0.2) is 46.5 Å². The second-order valence-corrected chi connectivity index (χ2v) is 8.02. The molecule has 0 saturated carbocycles. The standard InChI is InChI=1S/C23H29N5O2/c1-28-11-8-17(9-12-28)13-24-14-20-22-19(7-10-25-20)23(29)27-21(26-22)16-30-15-18-5-3-2-4-6-18/h2-7,10,17,24H,8-9,11-16H2,1H3,(H,26,27,29). The number of hydrogen-bond donors (Lipinski definition) is 2. The molecule has 1 aromatic carbocycles. The zero-order valence-electron chi connectivity index (χ0n) is 17.4. The van der Waals surface area contributed by atoms with E-state index in [1.165, 1.54) is 12.8 Å². The van der Waals surface area contributed by atoms with E-state index in [4.69, 9.17) is 4.74 Å². The smallest absolute Gasteiger partial charge is 0.258 e. The van der Waals surface area contributed by atoms with Gasteiger partial charge in [-0.25, -0.2) is 4.98 Å². The van der Waals surface area contributed by atoms with Crippen LogP contribution in [0.4, 0.5) is 0 Å². The first kappa shape index (κ1) is 20.7. The summed E-state index contributed by atoms with van der Waals surface area (Å²) in [5.41, 5.74) is 2.38. The molecule has 0 bridgehead atoms. The molecule has 7 nitrogen and oxygen atoms in total. The van der Waals surface area contributed by atoms with Gasteiger partial charge in [-0.2, -0.15) is 0 Å². The van der Waals surface area contributed by atoms with Crippen LogP contribution in [0.2, 0.25) is 0 Å². The van der Waals surface area contributed by atoms with Crippen LogP contribution < -0.4 is 10.9 Å². The molecule has 158 valence electrons. The molecular weight excluding hydrogens is 378 g/mol. The van der Waals surface area contributed by atoms with Crippen molar-refractivity contribution < 1.29 is 4.74 Å². The third kappa shape index (κ3) is 5.30. The van der Waals surface area contributed by atoms with Crippen molar-refractivity contribution in [1.29, 1.82) is 0 Å². The molecule has 2 N–H and O–H groups in total. The van der Waals surface area contributed by atoms with Crippen LogP contribution in [0.5, 0.6) is 0 Å². The number of hydrogen-bond acceptors (Lipinski definition) is 6. The normalized spacial score (nSPS) is 15.6. The largest absolute Gasteiger partial charge is 0.369 e. The number of likely N-dealkylation sites (tertiary alicyclic amines) is 1. The quantitative estimate of drug-likeness (QED) is 0.597. The minimum Gasteiger partial charge on any atom is -0.369 e. The Morgan fingerprint density at radius 1 is 1.17 bits per heavy atom. The molecule has 7 heteroatoms. The highest BCUT2D eigenvalue weighted by atomic mass is 16.5. The summed E-state index contributed by atoms with van der Waals surface area (Å²) >= 11 is 0. The van der Waals surface area contributed by atoms with Crippen molar-refractivity contribution in [3.8, 4) is 0 Å². The van der Waals surface area contributed by atoms with Crippen LogP contribution >= 0.6 is 0 Å². The molecule has 1 saturated heterocycles. The van der Waals surface area contributed by atoms with E-state index in [2.05, 4.69) is 32.2 Å². The van der Waals surface area contributed by atoms with Crippen molar-refractivity contribution in [2.24, 2.45) is 5.92 Å². The monoisotopic (exact) mass is 407 g/mol. The maximum Gasteiger partial charge on any atom is 0.258 e. The van der Waals surface area contributed by atoms with Crippen molar-refractivity contribution in [2.75, 3.05) is 26.7 Å². The van der Waals surface area contributed by atoms with Gasteiger partial charge in [0.25, 0.3) is 5.56 Å². The number of nitrogens with one attached hydrogen (secondary N) is 2. The summed E-state index contributed by atoms with van der Waals surface area (Å²) in [6, 6.07) is 11.7. The lowest BCUT2D eigenvalue weighted by atomic mass is 9.97. The molecule has 0 spiro atoms. The number of rotatable bonds is 8. The SMILES string of the molecule is CN1CCC(CNCc2nccc3c(=O)[nH]c(COCc4ccccc4)nc23)CC1. The van der Waals surface area contributed by atoms with Crippen LogP contribution in [-0.2, 0) is 24.5 Å². The average Bonchev–Trinajstić information content (AvgIpc) is 2.76. The maximum absolute atomic E-state index is 12.5. The lowest BCUT2D eigenvalue weighted by Gasteiger charge is -2.29. The first-order chi connectivity index (χ1) is 14.7. The third-order valence-corrected chi connectivity index (χ3v) is 5.66. The van der Waals surface area contributed by atoms with E-state index in [1.807, 2.05) is 30.3 Å². The Morgan fingerprint density at radius 2 is 1.97 bits per heavy atom. The van der Waals surface area contributed by atoms with E-state index in [0.29, 0.717) is 35.8 Å². The number of benzene rings is 1. The number of ether oxygens (including phenoxy) is 1. The molecule has 3 aromatic rings. The Labute approximate surface area is 176 Å². The Balaban J connectivity index is 1.41. The van der Waals surface area contributed by atoms with Crippen LogP contribution in [0.1, 0.15) is 29.9 Å². The molecule has 0 amide bonds. The summed E-state index contributed by atoms with van der Waals surface area (Å²) in [4.78, 5) is 26.9. The molecule has 0 unspecified atom stereocenters. The first-order valence-corrected chi connectivity index (χ1v) is 10.6. The summed E-state index contributed by atoms with van der Waals surface area (Å²) in [5.74, 6) is 1.21. The lowest BCUT2D eigenvalue weighted by molar-refractivity contribution is 0.102. The Hall–Kier alpha value is -2.61. The van der Waals surface area contributed by atoms with Crippen molar-refractivity contribution in [2.45, 2.75) is 32.6 Å². The number of H-pyrrole nitrogens is 1. The second kappa shape index (κ2) is 9.93. The number of pyridine rings is 1. The van der Waals surface area contributed by atoms with Gasteiger partial charge in [0.15, 0.2) is 0 Å². The highest BCUT2D eigenvalue weighted by Gasteiger charge is 2.16. The van der Waals surface area contributed by atoms with E-state index in [9.17, 15) is 4.79 Å². The number of aromatic amines is 1. The molecule has 0 atom stereocenters. The minimum atomic E-state index is -0.155. The van der Waals surface area contributed by atoms with Gasteiger partial charge in [-0.15, -0.1) is 0 Å². The predicted molar refractivity (Wildman–Crippen MR) is 117 cm³/mol. The Morgan fingerprint density at radius 3 is 2.77 bits per heavy atom. The summed E-state index contributed by atoms with van der Waals surface area (Å²) < 4.78 is 5.75. The molecule has 4 rings (SSSR count). The molecule has 1 fully saturated rings. The van der Waals surface area contributed by atoms with Crippen LogP contribution in [0.3, 0.4) is 0 Å². The zero-order valence-corrected chi connectivity index (χ0v) is 17.4. The summed E-state index contributed by atoms with van der Waals surface area (Å²) in [5, 5.41) is 4.08. The van der Waals surface area contributed by atoms with Crippen LogP contribution in [0.15, 0.2) is 47.4 Å². The van der Waals surface area contributed by atoms with Gasteiger partial charge in [0.2, 0.25) is 0 Å². The second-order valence-electron chi connectivity index (χ2n) is 8.02. The number of nitrogens with zero attached hydrogens (tertiary/aromatic N) is 3. The van der Waals surface area contributed by atoms with Gasteiger partial charge < -0.3 is 19.9 Å². The minimum absolute atomic E-state index is 0.155. The highest BCUT2D eigenvalue weighted by Crippen LogP contribution is 2.16. The number of aromatic nitrogens is 3. The maximum atomic E-state index is 12.5. The van der Waals surface area contributed by atoms with E-state index < -0.39 is 0 Å². The molecule has 30 heavy (non-hydrogen) atoms. The fourth-order valence-electron chi connectivity index (χ4n) is 3.86. The average molecular weight is 408 g/mol. The van der Waals surface area contributed by atoms with E-state index >= 15 is 0 Å². The Bertz CT molecular complexity index is 1010. The third-order valence-electron chi connectivity index (χ3n) is 5.66. The first-order valence-electron chi connectivity index (χ1n) is 10.6. The topological polar surface area (TPSA) is 83.1 Å². The summed E-state index contributed by atoms with van der Waals surface area (Å²) in [7, 11) is 2.17. The van der Waals surface area contributed by atoms with Gasteiger partial charge in [0, 0.05) is 12.7 Å². The van der Waals surface area contributed by atoms with Gasteiger partial charge in [0.05, 0.1) is 17.7 Å². The van der Waals surface area contributed by atoms with Gasteiger partial charge >= 0.3 is 0 Å². The van der Waals surface area contributed by atoms with E-state index in [1.54, 1.807) is 12.3 Å². The number of fused-ring (bicyclic) bond motifs is 1. The summed E-state index contributed by atoms with van der Waals surface area (Å²) in [6.07, 6.45) is 4.11. The van der Waals surface area contributed by atoms with Crippen LogP contribution in [0, 0.1) is 5.92 Å². The summed E-state index contributed by atoms with van der Waals surface area (Å²) in [6.45, 7) is 4.59. The fourth-order valence-corrected chi connectivity index (χ4v) is 3.86. The fraction of sp³-hybridized carbons (Fsp3) is 0.435. The molecule has 2 aromatic heterocycles. The highest BCUT2D eigenvalue weighted by molar-refractivity contribution is 5.79. The van der Waals surface area contributed by atoms with Gasteiger partial charge in [-0.1, -0.05) is 30.3 Å². The van der Waals surface area contributed by atoms with E-state index in [-0.39, 0.29) is 12.2 Å². The van der Waals surface area contributed by atoms with Crippen molar-refractivity contribution >= 4 is 10.9 Å². The molecule has 0 radical (unpaired) electrons. The molecule has 1 aliphatic heterocycles. The van der Waals surface area contributed by atoms with E-state index in [0.717, 1.165) is 30.9 Å². The van der Waals surface area contributed by atoms with Gasteiger partial charge in [0.1, 0.15) is 17.9 Å². The molecule has 1 aliphatic rings. The lowest BCUT2D eigenvalue weighted by Crippen LogP contribution is -2.34. The zero-order chi connectivity index (χ0) is 20.8. The van der Waals surface area contributed by atoms with Crippen molar-refractivity contribution in [3.63, 3.8) is 0 Å². The number of piperidine rings is 1. The molecule has 3 heterocycles. The van der Waals surface area contributed by atoms with Gasteiger partial charge in [-0.3, -0.25) is 9.78 Å². The molecular formula is C23H29N5O2. The van der Waals surface area contributed by atoms with Gasteiger partial charge in [-0.05, 0) is 57.1 Å². The van der Waals surface area contributed by atoms with Crippen molar-refractivity contribution in [1.82, 2.24) is 25.2 Å².